The quantitative estimate of drug-likeness (QED) is 0.477. The number of nitrogens with zero attached hydrogens (tertiary/aromatic N) is 1. The van der Waals surface area contributed by atoms with Crippen LogP contribution in [0, 0.1) is 6.92 Å². The number of oxazole rings is 1. The summed E-state index contributed by atoms with van der Waals surface area (Å²) in [6.07, 6.45) is 3.37. The monoisotopic (exact) mass is 442 g/mol. The number of para-hydroxylation sites is 1. The van der Waals surface area contributed by atoms with Gasteiger partial charge in [-0.25, -0.2) is 4.98 Å². The second kappa shape index (κ2) is 10.1. The number of aromatic nitrogens is 1. The van der Waals surface area contributed by atoms with Gasteiger partial charge in [-0.2, -0.15) is 0 Å². The first kappa shape index (κ1) is 20.1. The number of aryl methyl sites for hydroxylation is 1. The van der Waals surface area contributed by atoms with Crippen LogP contribution in [0.3, 0.4) is 0 Å². The highest BCUT2D eigenvalue weighted by Crippen LogP contribution is 2.23. The van der Waals surface area contributed by atoms with Crippen LogP contribution in [0.1, 0.15) is 24.1 Å². The third-order valence-corrected chi connectivity index (χ3v) is 4.85. The Hall–Kier alpha value is -2.60. The zero-order chi connectivity index (χ0) is 19.8. The fourth-order valence-corrected chi connectivity index (χ4v) is 3.04. The molecule has 0 saturated carbocycles. The Morgan fingerprint density at radius 3 is 2.75 bits per heavy atom. The van der Waals surface area contributed by atoms with Gasteiger partial charge < -0.3 is 14.5 Å². The molecular weight excluding hydrogens is 420 g/mol. The highest BCUT2D eigenvalue weighted by Gasteiger charge is 2.08. The van der Waals surface area contributed by atoms with E-state index >= 15 is 0 Å². The largest absolute Gasteiger partial charge is 0.492 e. The number of amides is 1. The van der Waals surface area contributed by atoms with Crippen LogP contribution >= 0.6 is 15.9 Å². The Morgan fingerprint density at radius 2 is 1.96 bits per heavy atom. The van der Waals surface area contributed by atoms with E-state index in [0.29, 0.717) is 38.3 Å². The Bertz CT molecular complexity index is 906. The van der Waals surface area contributed by atoms with Crippen LogP contribution in [0.2, 0.25) is 0 Å². The molecule has 2 aromatic carbocycles. The number of benzene rings is 2. The van der Waals surface area contributed by atoms with Crippen molar-refractivity contribution in [2.45, 2.75) is 26.2 Å². The third kappa shape index (κ3) is 5.96. The van der Waals surface area contributed by atoms with Crippen LogP contribution in [0.15, 0.2) is 63.7 Å². The van der Waals surface area contributed by atoms with Gasteiger partial charge in [0, 0.05) is 24.9 Å². The van der Waals surface area contributed by atoms with E-state index in [2.05, 4.69) is 26.2 Å². The molecule has 0 aliphatic carbocycles. The molecule has 3 aromatic rings. The lowest BCUT2D eigenvalue weighted by atomic mass is 10.1. The van der Waals surface area contributed by atoms with Crippen molar-refractivity contribution in [3.05, 3.63) is 70.5 Å². The minimum atomic E-state index is 0.0120. The smallest absolute Gasteiger partial charge is 0.226 e. The molecule has 0 aliphatic rings. The number of hydrogen-bond acceptors (Lipinski definition) is 4. The van der Waals surface area contributed by atoms with Gasteiger partial charge in [-0.1, -0.05) is 29.8 Å². The average Bonchev–Trinajstić information content (AvgIpc) is 3.16. The van der Waals surface area contributed by atoms with Crippen molar-refractivity contribution >= 4 is 21.8 Å². The van der Waals surface area contributed by atoms with Crippen LogP contribution in [-0.4, -0.2) is 24.0 Å². The summed E-state index contributed by atoms with van der Waals surface area (Å²) in [6, 6.07) is 15.7. The van der Waals surface area contributed by atoms with Crippen molar-refractivity contribution in [1.82, 2.24) is 10.3 Å². The molecule has 6 heteroatoms. The number of hydrogen-bond donors (Lipinski definition) is 1. The van der Waals surface area contributed by atoms with Gasteiger partial charge in [-0.15, -0.1) is 0 Å². The molecule has 0 saturated heterocycles. The SMILES string of the molecule is Cc1ccc(-c2nc(CCNC(=O)CCCOc3ccccc3Br)co2)cc1. The molecule has 146 valence electrons. The van der Waals surface area contributed by atoms with Gasteiger partial charge in [-0.3, -0.25) is 4.79 Å². The summed E-state index contributed by atoms with van der Waals surface area (Å²) in [5, 5.41) is 2.91. The first-order chi connectivity index (χ1) is 13.6. The van der Waals surface area contributed by atoms with Gasteiger partial charge in [0.2, 0.25) is 11.8 Å². The van der Waals surface area contributed by atoms with Crippen molar-refractivity contribution in [3.8, 4) is 17.2 Å². The molecule has 0 spiro atoms. The fourth-order valence-electron chi connectivity index (χ4n) is 2.65. The normalized spacial score (nSPS) is 10.6. The van der Waals surface area contributed by atoms with Gasteiger partial charge in [0.1, 0.15) is 12.0 Å². The summed E-state index contributed by atoms with van der Waals surface area (Å²) < 4.78 is 12.1. The number of carbonyl (C=O) groups excluding carboxylic acids is 1. The molecule has 0 bridgehead atoms. The molecule has 1 aromatic heterocycles. The van der Waals surface area contributed by atoms with Gasteiger partial charge >= 0.3 is 0 Å². The molecular formula is C22H23BrN2O3. The molecule has 0 atom stereocenters. The summed E-state index contributed by atoms with van der Waals surface area (Å²) in [5.41, 5.74) is 2.97. The first-order valence-corrected chi connectivity index (χ1v) is 10.1. The van der Waals surface area contributed by atoms with Crippen molar-refractivity contribution in [2.24, 2.45) is 0 Å². The maximum atomic E-state index is 12.0. The number of rotatable bonds is 9. The van der Waals surface area contributed by atoms with E-state index < -0.39 is 0 Å². The number of ether oxygens (including phenoxy) is 1. The lowest BCUT2D eigenvalue weighted by molar-refractivity contribution is -0.121. The predicted octanol–water partition coefficient (Wildman–Crippen LogP) is 4.93. The predicted molar refractivity (Wildman–Crippen MR) is 112 cm³/mol. The van der Waals surface area contributed by atoms with E-state index in [-0.39, 0.29) is 5.91 Å². The minimum absolute atomic E-state index is 0.0120. The maximum Gasteiger partial charge on any atom is 0.226 e. The highest BCUT2D eigenvalue weighted by molar-refractivity contribution is 9.10. The summed E-state index contributed by atoms with van der Waals surface area (Å²) >= 11 is 3.44. The molecule has 0 unspecified atom stereocenters. The van der Waals surface area contributed by atoms with E-state index in [0.717, 1.165) is 21.5 Å². The van der Waals surface area contributed by atoms with Crippen molar-refractivity contribution in [1.29, 1.82) is 0 Å². The average molecular weight is 443 g/mol. The van der Waals surface area contributed by atoms with Crippen LogP contribution < -0.4 is 10.1 Å². The summed E-state index contributed by atoms with van der Waals surface area (Å²) in [5.74, 6) is 1.40. The standard InChI is InChI=1S/C22H23BrN2O3/c1-16-8-10-17(11-9-16)22-25-18(15-28-22)12-13-24-21(26)7-4-14-27-20-6-3-2-5-19(20)23/h2-3,5-6,8-11,15H,4,7,12-14H2,1H3,(H,24,26). The van der Waals surface area contributed by atoms with E-state index in [9.17, 15) is 4.79 Å². The lowest BCUT2D eigenvalue weighted by Gasteiger charge is -2.08. The van der Waals surface area contributed by atoms with Crippen LogP contribution in [-0.2, 0) is 11.2 Å². The second-order valence-corrected chi connectivity index (χ2v) is 7.35. The second-order valence-electron chi connectivity index (χ2n) is 6.49. The molecule has 0 aliphatic heterocycles. The van der Waals surface area contributed by atoms with Crippen LogP contribution in [0.4, 0.5) is 0 Å². The molecule has 1 heterocycles. The van der Waals surface area contributed by atoms with Gasteiger partial charge in [0.05, 0.1) is 16.8 Å². The molecule has 28 heavy (non-hydrogen) atoms. The Balaban J connectivity index is 1.34. The molecule has 5 nitrogen and oxygen atoms in total. The number of halogens is 1. The molecule has 0 fully saturated rings. The van der Waals surface area contributed by atoms with Crippen LogP contribution in [0.5, 0.6) is 5.75 Å². The zero-order valence-electron chi connectivity index (χ0n) is 15.8. The summed E-state index contributed by atoms with van der Waals surface area (Å²) in [7, 11) is 0. The van der Waals surface area contributed by atoms with Crippen molar-refractivity contribution in [2.75, 3.05) is 13.2 Å². The highest BCUT2D eigenvalue weighted by atomic mass is 79.9. The van der Waals surface area contributed by atoms with Gasteiger partial charge in [0.15, 0.2) is 0 Å². The Morgan fingerprint density at radius 1 is 1.18 bits per heavy atom. The fraction of sp³-hybridized carbons (Fsp3) is 0.273. The van der Waals surface area contributed by atoms with Crippen molar-refractivity contribution < 1.29 is 13.9 Å². The zero-order valence-corrected chi connectivity index (χ0v) is 17.4. The van der Waals surface area contributed by atoms with E-state index in [1.165, 1.54) is 5.56 Å². The topological polar surface area (TPSA) is 64.4 Å². The number of carbonyl (C=O) groups is 1. The van der Waals surface area contributed by atoms with Gasteiger partial charge in [-0.05, 0) is 53.5 Å². The van der Waals surface area contributed by atoms with E-state index in [4.69, 9.17) is 9.15 Å². The Labute approximate surface area is 173 Å². The van der Waals surface area contributed by atoms with E-state index in [1.54, 1.807) is 6.26 Å². The summed E-state index contributed by atoms with van der Waals surface area (Å²) in [4.78, 5) is 16.4. The third-order valence-electron chi connectivity index (χ3n) is 4.20. The van der Waals surface area contributed by atoms with Crippen molar-refractivity contribution in [3.63, 3.8) is 0 Å². The number of nitrogens with one attached hydrogen (secondary N) is 1. The first-order valence-electron chi connectivity index (χ1n) is 9.27. The van der Waals surface area contributed by atoms with Gasteiger partial charge in [0.25, 0.3) is 0 Å². The summed E-state index contributed by atoms with van der Waals surface area (Å²) in [6.45, 7) is 3.07. The molecule has 1 N–H and O–H groups in total. The Kier molecular flexibility index (Phi) is 7.25. The molecule has 1 amide bonds. The molecule has 0 radical (unpaired) electrons. The van der Waals surface area contributed by atoms with E-state index in [1.807, 2.05) is 55.5 Å². The maximum absolute atomic E-state index is 12.0. The van der Waals surface area contributed by atoms with Crippen LogP contribution in [0.25, 0.3) is 11.5 Å². The molecule has 3 rings (SSSR count). The lowest BCUT2D eigenvalue weighted by Crippen LogP contribution is -2.25. The minimum Gasteiger partial charge on any atom is -0.492 e.